The van der Waals surface area contributed by atoms with Crippen molar-refractivity contribution in [3.8, 4) is 0 Å². The van der Waals surface area contributed by atoms with E-state index in [1.54, 1.807) is 0 Å². The molecular formula is C12H14ClIO2. The van der Waals surface area contributed by atoms with Crippen molar-refractivity contribution < 1.29 is 9.47 Å². The number of ether oxygens (including phenoxy) is 2. The van der Waals surface area contributed by atoms with Gasteiger partial charge in [-0.1, -0.05) is 17.7 Å². The van der Waals surface area contributed by atoms with Crippen LogP contribution in [0.15, 0.2) is 18.2 Å². The van der Waals surface area contributed by atoms with Crippen molar-refractivity contribution in [2.45, 2.75) is 32.2 Å². The van der Waals surface area contributed by atoms with Crippen LogP contribution in [-0.4, -0.2) is 12.9 Å². The van der Waals surface area contributed by atoms with Crippen LogP contribution in [0.4, 0.5) is 0 Å². The predicted molar refractivity (Wildman–Crippen MR) is 72.5 cm³/mol. The van der Waals surface area contributed by atoms with Gasteiger partial charge in [0.15, 0.2) is 6.29 Å². The van der Waals surface area contributed by atoms with E-state index in [1.807, 2.05) is 18.2 Å². The molecule has 1 atom stereocenters. The number of benzene rings is 1. The van der Waals surface area contributed by atoms with Crippen molar-refractivity contribution in [2.24, 2.45) is 0 Å². The molecule has 0 unspecified atom stereocenters. The summed E-state index contributed by atoms with van der Waals surface area (Å²) in [5, 5.41) is 0.766. The maximum Gasteiger partial charge on any atom is 0.158 e. The van der Waals surface area contributed by atoms with Crippen LogP contribution in [0.5, 0.6) is 0 Å². The first kappa shape index (κ1) is 12.6. The molecule has 1 saturated heterocycles. The fourth-order valence-electron chi connectivity index (χ4n) is 1.66. The van der Waals surface area contributed by atoms with Crippen LogP contribution >= 0.6 is 34.2 Å². The maximum absolute atomic E-state index is 5.90. The topological polar surface area (TPSA) is 18.5 Å². The Balaban J connectivity index is 1.88. The summed E-state index contributed by atoms with van der Waals surface area (Å²) in [7, 11) is 0. The van der Waals surface area contributed by atoms with Gasteiger partial charge in [-0.3, -0.25) is 0 Å². The molecule has 0 bridgehead atoms. The highest BCUT2D eigenvalue weighted by molar-refractivity contribution is 14.1. The molecule has 2 nitrogen and oxygen atoms in total. The Morgan fingerprint density at radius 2 is 2.31 bits per heavy atom. The van der Waals surface area contributed by atoms with E-state index in [0.29, 0.717) is 6.61 Å². The van der Waals surface area contributed by atoms with Gasteiger partial charge < -0.3 is 9.47 Å². The lowest BCUT2D eigenvalue weighted by Gasteiger charge is -2.22. The van der Waals surface area contributed by atoms with Crippen LogP contribution in [0, 0.1) is 3.57 Å². The molecule has 1 aromatic rings. The molecule has 0 saturated carbocycles. The number of hydrogen-bond donors (Lipinski definition) is 0. The zero-order valence-electron chi connectivity index (χ0n) is 8.92. The van der Waals surface area contributed by atoms with Gasteiger partial charge in [-0.05, 0) is 59.5 Å². The minimum atomic E-state index is -0.0276. The Labute approximate surface area is 114 Å². The smallest absolute Gasteiger partial charge is 0.158 e. The normalized spacial score (nSPS) is 21.0. The van der Waals surface area contributed by atoms with Gasteiger partial charge in [0.2, 0.25) is 0 Å². The Hall–Kier alpha value is 0.160. The zero-order valence-corrected chi connectivity index (χ0v) is 11.8. The van der Waals surface area contributed by atoms with Crippen molar-refractivity contribution in [2.75, 3.05) is 6.61 Å². The molecule has 0 N–H and O–H groups in total. The second-order valence-corrected chi connectivity index (χ2v) is 5.44. The van der Waals surface area contributed by atoms with Crippen molar-refractivity contribution in [3.05, 3.63) is 32.4 Å². The van der Waals surface area contributed by atoms with Crippen LogP contribution in [-0.2, 0) is 16.1 Å². The molecule has 1 fully saturated rings. The van der Waals surface area contributed by atoms with Gasteiger partial charge in [0.1, 0.15) is 0 Å². The fraction of sp³-hybridized carbons (Fsp3) is 0.500. The van der Waals surface area contributed by atoms with Crippen LogP contribution in [0.1, 0.15) is 24.8 Å². The van der Waals surface area contributed by atoms with Gasteiger partial charge in [0.05, 0.1) is 6.61 Å². The Bertz CT molecular complexity index is 351. The molecule has 0 aliphatic carbocycles. The summed E-state index contributed by atoms with van der Waals surface area (Å²) >= 11 is 8.17. The van der Waals surface area contributed by atoms with Crippen LogP contribution in [0.25, 0.3) is 0 Å². The summed E-state index contributed by atoms with van der Waals surface area (Å²) in [6, 6.07) is 5.85. The number of hydrogen-bond acceptors (Lipinski definition) is 2. The molecule has 1 aliphatic rings. The minimum absolute atomic E-state index is 0.0276. The average molecular weight is 353 g/mol. The highest BCUT2D eigenvalue weighted by atomic mass is 127. The Morgan fingerprint density at radius 3 is 3.00 bits per heavy atom. The van der Waals surface area contributed by atoms with E-state index in [0.717, 1.165) is 28.0 Å². The molecular weight excluding hydrogens is 338 g/mol. The highest BCUT2D eigenvalue weighted by Gasteiger charge is 2.14. The highest BCUT2D eigenvalue weighted by Crippen LogP contribution is 2.21. The first-order valence-electron chi connectivity index (χ1n) is 5.43. The minimum Gasteiger partial charge on any atom is -0.353 e. The van der Waals surface area contributed by atoms with Crippen LogP contribution in [0.2, 0.25) is 5.02 Å². The molecule has 2 rings (SSSR count). The Kier molecular flexibility index (Phi) is 4.88. The monoisotopic (exact) mass is 352 g/mol. The molecule has 1 aromatic carbocycles. The van der Waals surface area contributed by atoms with E-state index in [-0.39, 0.29) is 6.29 Å². The second-order valence-electron chi connectivity index (χ2n) is 3.84. The summed E-state index contributed by atoms with van der Waals surface area (Å²) in [4.78, 5) is 0. The molecule has 4 heteroatoms. The lowest BCUT2D eigenvalue weighted by molar-refractivity contribution is -0.169. The van der Waals surface area contributed by atoms with Gasteiger partial charge in [-0.15, -0.1) is 0 Å². The third kappa shape index (κ3) is 3.58. The first-order valence-corrected chi connectivity index (χ1v) is 6.88. The van der Waals surface area contributed by atoms with Gasteiger partial charge in [-0.2, -0.15) is 0 Å². The van der Waals surface area contributed by atoms with Gasteiger partial charge in [0.25, 0.3) is 0 Å². The molecule has 0 radical (unpaired) electrons. The lowest BCUT2D eigenvalue weighted by atomic mass is 10.2. The van der Waals surface area contributed by atoms with Crippen LogP contribution < -0.4 is 0 Å². The number of halogens is 2. The van der Waals surface area contributed by atoms with E-state index in [4.69, 9.17) is 21.1 Å². The summed E-state index contributed by atoms with van der Waals surface area (Å²) in [5.41, 5.74) is 1.17. The molecule has 16 heavy (non-hydrogen) atoms. The van der Waals surface area contributed by atoms with E-state index in [2.05, 4.69) is 22.6 Å². The van der Waals surface area contributed by atoms with Crippen molar-refractivity contribution in [1.82, 2.24) is 0 Å². The summed E-state index contributed by atoms with van der Waals surface area (Å²) < 4.78 is 12.4. The Morgan fingerprint density at radius 1 is 1.44 bits per heavy atom. The third-order valence-electron chi connectivity index (χ3n) is 2.58. The summed E-state index contributed by atoms with van der Waals surface area (Å²) in [6.45, 7) is 1.42. The summed E-state index contributed by atoms with van der Waals surface area (Å²) in [5.74, 6) is 0. The maximum atomic E-state index is 5.90. The second kappa shape index (κ2) is 6.19. The molecule has 0 aromatic heterocycles. The van der Waals surface area contributed by atoms with E-state index >= 15 is 0 Å². The average Bonchev–Trinajstić information content (AvgIpc) is 2.29. The molecule has 0 spiro atoms. The first-order chi connectivity index (χ1) is 7.75. The SMILES string of the molecule is Clc1ccc(CO[C@@H]2CCCCO2)c(I)c1. The largest absolute Gasteiger partial charge is 0.353 e. The van der Waals surface area contributed by atoms with E-state index < -0.39 is 0 Å². The number of rotatable bonds is 3. The lowest BCUT2D eigenvalue weighted by Crippen LogP contribution is -2.22. The van der Waals surface area contributed by atoms with Crippen LogP contribution in [0.3, 0.4) is 0 Å². The molecule has 0 amide bonds. The predicted octanol–water partition coefficient (Wildman–Crippen LogP) is 3.99. The van der Waals surface area contributed by atoms with Crippen molar-refractivity contribution in [3.63, 3.8) is 0 Å². The zero-order chi connectivity index (χ0) is 11.4. The molecule has 88 valence electrons. The van der Waals surface area contributed by atoms with Gasteiger partial charge in [0, 0.05) is 15.2 Å². The van der Waals surface area contributed by atoms with Gasteiger partial charge in [-0.25, -0.2) is 0 Å². The van der Waals surface area contributed by atoms with Crippen molar-refractivity contribution >= 4 is 34.2 Å². The third-order valence-corrected chi connectivity index (χ3v) is 3.82. The van der Waals surface area contributed by atoms with Gasteiger partial charge >= 0.3 is 0 Å². The molecule has 1 heterocycles. The molecule has 1 aliphatic heterocycles. The quantitative estimate of drug-likeness (QED) is 0.766. The standard InChI is InChI=1S/C12H14ClIO2/c13-10-5-4-9(11(14)7-10)8-16-12-3-1-2-6-15-12/h4-5,7,12H,1-3,6,8H2/t12-/m1/s1. The van der Waals surface area contributed by atoms with E-state index in [1.165, 1.54) is 12.0 Å². The van der Waals surface area contributed by atoms with Crippen molar-refractivity contribution in [1.29, 1.82) is 0 Å². The van der Waals surface area contributed by atoms with E-state index in [9.17, 15) is 0 Å². The summed E-state index contributed by atoms with van der Waals surface area (Å²) in [6.07, 6.45) is 3.32. The fourth-order valence-corrected chi connectivity index (χ4v) is 2.69.